The van der Waals surface area contributed by atoms with Crippen LogP contribution in [-0.2, 0) is 18.9 Å². The van der Waals surface area contributed by atoms with Gasteiger partial charge in [0.05, 0.1) is 10.9 Å². The zero-order valence-electron chi connectivity index (χ0n) is 23.7. The van der Waals surface area contributed by atoms with Crippen molar-refractivity contribution in [2.24, 2.45) is 13.0 Å². The summed E-state index contributed by atoms with van der Waals surface area (Å²) in [6.45, 7) is 11.7. The maximum absolute atomic E-state index is 2.54. The number of aryl methyl sites for hydroxylation is 3. The second-order valence-corrected chi connectivity index (χ2v) is 14.0. The van der Waals surface area contributed by atoms with Gasteiger partial charge in [-0.1, -0.05) is 100 Å². The van der Waals surface area contributed by atoms with Crippen LogP contribution < -0.4 is 4.57 Å². The summed E-state index contributed by atoms with van der Waals surface area (Å²) in [6.07, 6.45) is 9.09. The lowest BCUT2D eigenvalue weighted by atomic mass is 9.79. The second-order valence-electron chi connectivity index (χ2n) is 12.9. The van der Waals surface area contributed by atoms with E-state index in [0.717, 1.165) is 5.92 Å². The van der Waals surface area contributed by atoms with Gasteiger partial charge in [0.25, 0.3) is 0 Å². The van der Waals surface area contributed by atoms with Crippen LogP contribution in [0.1, 0.15) is 68.7 Å². The third kappa shape index (κ3) is 3.56. The van der Waals surface area contributed by atoms with Crippen LogP contribution >= 0.6 is 11.8 Å². The molecule has 0 radical (unpaired) electrons. The van der Waals surface area contributed by atoms with E-state index in [0.29, 0.717) is 0 Å². The summed E-state index contributed by atoms with van der Waals surface area (Å²) in [6, 6.07) is 19.0. The summed E-state index contributed by atoms with van der Waals surface area (Å²) in [5.74, 6) is 0.843. The van der Waals surface area contributed by atoms with Gasteiger partial charge in [0, 0.05) is 21.2 Å². The van der Waals surface area contributed by atoms with Crippen LogP contribution in [0.4, 0.5) is 0 Å². The predicted octanol–water partition coefficient (Wildman–Crippen LogP) is 9.75. The first-order chi connectivity index (χ1) is 18.2. The largest absolute Gasteiger partial charge is 0.222 e. The minimum Gasteiger partial charge on any atom is -0.200 e. The molecule has 192 valence electrons. The highest BCUT2D eigenvalue weighted by Crippen LogP contribution is 2.55. The number of nitrogens with zero attached hydrogens (tertiary/aromatic N) is 1. The van der Waals surface area contributed by atoms with E-state index in [-0.39, 0.29) is 5.41 Å². The van der Waals surface area contributed by atoms with Gasteiger partial charge in [-0.3, -0.25) is 0 Å². The Bertz CT molecular complexity index is 1780. The van der Waals surface area contributed by atoms with E-state index < -0.39 is 0 Å². The Morgan fingerprint density at radius 2 is 1.66 bits per heavy atom. The molecule has 2 heteroatoms. The third-order valence-electron chi connectivity index (χ3n) is 9.19. The van der Waals surface area contributed by atoms with Crippen molar-refractivity contribution in [3.63, 3.8) is 0 Å². The molecule has 1 aromatic heterocycles. The van der Waals surface area contributed by atoms with Gasteiger partial charge in [0.1, 0.15) is 7.05 Å². The fourth-order valence-corrected chi connectivity index (χ4v) is 8.98. The molecule has 0 N–H and O–H groups in total. The topological polar surface area (TPSA) is 3.88 Å². The number of aromatic nitrogens is 1. The summed E-state index contributed by atoms with van der Waals surface area (Å²) < 4.78 is 2.37. The molecule has 0 saturated heterocycles. The Hall–Kier alpha value is -2.84. The second kappa shape index (κ2) is 8.58. The van der Waals surface area contributed by atoms with Crippen LogP contribution in [0.5, 0.6) is 0 Å². The van der Waals surface area contributed by atoms with Crippen molar-refractivity contribution in [2.75, 3.05) is 0 Å². The quantitative estimate of drug-likeness (QED) is 0.164. The van der Waals surface area contributed by atoms with E-state index in [2.05, 4.69) is 101 Å². The van der Waals surface area contributed by atoms with Gasteiger partial charge in [-0.15, -0.1) is 0 Å². The molecule has 1 fully saturated rings. The van der Waals surface area contributed by atoms with Crippen molar-refractivity contribution in [3.8, 4) is 11.3 Å². The number of hydrogen-bond acceptors (Lipinski definition) is 1. The first-order valence-corrected chi connectivity index (χ1v) is 15.2. The van der Waals surface area contributed by atoms with Crippen LogP contribution in [-0.4, -0.2) is 0 Å². The van der Waals surface area contributed by atoms with Crippen molar-refractivity contribution in [1.29, 1.82) is 0 Å². The zero-order chi connectivity index (χ0) is 26.3. The van der Waals surface area contributed by atoms with Gasteiger partial charge < -0.3 is 0 Å². The van der Waals surface area contributed by atoms with Crippen LogP contribution in [0, 0.1) is 19.8 Å². The number of pyridine rings is 1. The third-order valence-corrected chi connectivity index (χ3v) is 10.3. The molecule has 0 amide bonds. The van der Waals surface area contributed by atoms with Crippen LogP contribution in [0.25, 0.3) is 43.6 Å². The number of rotatable bonds is 2. The molecule has 1 nitrogen and oxygen atoms in total. The summed E-state index contributed by atoms with van der Waals surface area (Å²) >= 11 is 2.02. The Balaban J connectivity index is 1.60. The molecule has 7 rings (SSSR count). The molecule has 0 unspecified atom stereocenters. The molecule has 1 aliphatic carbocycles. The normalized spacial score (nSPS) is 15.6. The number of hydrogen-bond donors (Lipinski definition) is 0. The van der Waals surface area contributed by atoms with Gasteiger partial charge in [-0.2, -0.15) is 0 Å². The van der Waals surface area contributed by atoms with Gasteiger partial charge in [-0.25, -0.2) is 4.57 Å². The Kier molecular flexibility index (Phi) is 5.47. The molecule has 0 atom stereocenters. The highest BCUT2D eigenvalue weighted by Gasteiger charge is 2.35. The molecular weight excluding hydrogens is 478 g/mol. The van der Waals surface area contributed by atoms with Gasteiger partial charge in [0.2, 0.25) is 5.69 Å². The lowest BCUT2D eigenvalue weighted by molar-refractivity contribution is -0.659. The highest BCUT2D eigenvalue weighted by atomic mass is 32.2. The summed E-state index contributed by atoms with van der Waals surface area (Å²) in [5, 5.41) is 8.51. The molecule has 1 saturated carbocycles. The van der Waals surface area contributed by atoms with Crippen molar-refractivity contribution in [1.82, 2.24) is 0 Å². The zero-order valence-corrected chi connectivity index (χ0v) is 24.5. The lowest BCUT2D eigenvalue weighted by Gasteiger charge is -2.31. The van der Waals surface area contributed by atoms with E-state index >= 15 is 0 Å². The predicted molar refractivity (Wildman–Crippen MR) is 164 cm³/mol. The average molecular weight is 517 g/mol. The summed E-state index contributed by atoms with van der Waals surface area (Å²) in [4.78, 5) is 2.87. The van der Waals surface area contributed by atoms with E-state index in [1.807, 2.05) is 11.8 Å². The molecular formula is C36H38NS+. The summed E-state index contributed by atoms with van der Waals surface area (Å²) in [7, 11) is 2.23. The van der Waals surface area contributed by atoms with E-state index in [9.17, 15) is 0 Å². The molecule has 0 bridgehead atoms. The van der Waals surface area contributed by atoms with E-state index in [4.69, 9.17) is 0 Å². The van der Waals surface area contributed by atoms with Crippen molar-refractivity contribution >= 4 is 44.1 Å². The van der Waals surface area contributed by atoms with Crippen molar-refractivity contribution in [2.45, 2.75) is 81.9 Å². The standard InChI is InChI=1S/C36H38NS/c1-21-14-15-27-28(18-21)22(2)31-34-32-26(16-17-37(34)6)25-13-9-12-24(19-23-10-7-8-11-23)29(25)20-30(32)38-35(31)33(27)36(3,4)5/h9,12-18,20,23H,7-8,10-11,19H2,1-6H3/q+1. The monoisotopic (exact) mass is 516 g/mol. The Morgan fingerprint density at radius 1 is 0.868 bits per heavy atom. The van der Waals surface area contributed by atoms with Crippen molar-refractivity contribution < 1.29 is 4.57 Å². The van der Waals surface area contributed by atoms with Crippen LogP contribution in [0.15, 0.2) is 64.5 Å². The fraction of sp³-hybridized carbons (Fsp3) is 0.361. The maximum Gasteiger partial charge on any atom is 0.222 e. The molecule has 0 spiro atoms. The molecule has 4 aromatic carbocycles. The number of fused-ring (bicyclic) bond motifs is 5. The van der Waals surface area contributed by atoms with Gasteiger partial charge in [-0.05, 0) is 75.9 Å². The molecule has 38 heavy (non-hydrogen) atoms. The lowest BCUT2D eigenvalue weighted by Crippen LogP contribution is -2.32. The SMILES string of the molecule is Cc1ccc2c(C(C)(C)C)c3c(c(C)c2c1)-c1c2c(cc4c(CC5CCCC5)cccc4c2cc[n+]1C)S3. The first kappa shape index (κ1) is 24.2. The van der Waals surface area contributed by atoms with Gasteiger partial charge >= 0.3 is 0 Å². The van der Waals surface area contributed by atoms with E-state index in [1.165, 1.54) is 108 Å². The van der Waals surface area contributed by atoms with Gasteiger partial charge in [0.15, 0.2) is 6.20 Å². The average Bonchev–Trinajstić information content (AvgIpc) is 3.38. The Labute approximate surface area is 231 Å². The maximum atomic E-state index is 2.54. The molecule has 2 heterocycles. The Morgan fingerprint density at radius 3 is 2.42 bits per heavy atom. The van der Waals surface area contributed by atoms with Crippen LogP contribution in [0.3, 0.4) is 0 Å². The smallest absolute Gasteiger partial charge is 0.200 e. The van der Waals surface area contributed by atoms with E-state index in [1.54, 1.807) is 0 Å². The minimum absolute atomic E-state index is 0.0345. The van der Waals surface area contributed by atoms with Crippen LogP contribution in [0.2, 0.25) is 0 Å². The fourth-order valence-electron chi connectivity index (χ4n) is 7.41. The molecule has 1 aliphatic heterocycles. The minimum atomic E-state index is 0.0345. The molecule has 2 aliphatic rings. The summed E-state index contributed by atoms with van der Waals surface area (Å²) in [5.41, 5.74) is 8.60. The first-order valence-electron chi connectivity index (χ1n) is 14.3. The van der Waals surface area contributed by atoms with Crippen molar-refractivity contribution in [3.05, 3.63) is 77.0 Å². The molecule has 5 aromatic rings. The highest BCUT2D eigenvalue weighted by molar-refractivity contribution is 8.00. The number of benzene rings is 4.